The van der Waals surface area contributed by atoms with Gasteiger partial charge in [0.05, 0.1) is 11.8 Å². The Bertz CT molecular complexity index is 912. The van der Waals surface area contributed by atoms with Crippen LogP contribution in [0.25, 0.3) is 0 Å². The van der Waals surface area contributed by atoms with Gasteiger partial charge in [-0.05, 0) is 86.0 Å². The van der Waals surface area contributed by atoms with E-state index in [9.17, 15) is 19.5 Å². The summed E-state index contributed by atoms with van der Waals surface area (Å²) in [5, 5.41) is 15.3. The average Bonchev–Trinajstić information content (AvgIpc) is 3.26. The summed E-state index contributed by atoms with van der Waals surface area (Å²) in [5.41, 5.74) is 2.49. The van der Waals surface area contributed by atoms with Gasteiger partial charge in [-0.1, -0.05) is 24.6 Å². The van der Waals surface area contributed by atoms with Crippen molar-refractivity contribution in [2.75, 3.05) is 6.61 Å². The second-order valence-electron chi connectivity index (χ2n) is 11.0. The number of amides is 2. The van der Waals surface area contributed by atoms with Crippen molar-refractivity contribution in [3.8, 4) is 0 Å². The van der Waals surface area contributed by atoms with Crippen LogP contribution in [0.4, 0.5) is 0 Å². The molecule has 8 heteroatoms. The van der Waals surface area contributed by atoms with E-state index < -0.39 is 24.4 Å². The van der Waals surface area contributed by atoms with Crippen LogP contribution in [0.5, 0.6) is 0 Å². The summed E-state index contributed by atoms with van der Waals surface area (Å²) in [6.45, 7) is 4.26. The van der Waals surface area contributed by atoms with Crippen LogP contribution in [0.1, 0.15) is 78.1 Å². The number of carbonyl (C=O) groups is 3. The fourth-order valence-electron chi connectivity index (χ4n) is 7.57. The highest BCUT2D eigenvalue weighted by molar-refractivity contribution is 6.01. The molecule has 4 aliphatic carbocycles. The van der Waals surface area contributed by atoms with Gasteiger partial charge in [0.1, 0.15) is 0 Å². The summed E-state index contributed by atoms with van der Waals surface area (Å²) in [6, 6.07) is 0. The highest BCUT2D eigenvalue weighted by Gasteiger charge is 2.58. The fourth-order valence-corrected chi connectivity index (χ4v) is 7.57. The van der Waals surface area contributed by atoms with Crippen molar-refractivity contribution < 1.29 is 29.2 Å². The summed E-state index contributed by atoms with van der Waals surface area (Å²) in [7, 11) is 0. The Kier molecular flexibility index (Phi) is 5.62. The topological polar surface area (TPSA) is 106 Å². The lowest BCUT2D eigenvalue weighted by Crippen LogP contribution is -2.51. The largest absolute Gasteiger partial charge is 0.393 e. The second kappa shape index (κ2) is 8.22. The zero-order valence-electron chi connectivity index (χ0n) is 19.5. The van der Waals surface area contributed by atoms with Crippen LogP contribution < -0.4 is 0 Å². The molecule has 1 N–H and O–H groups in total. The van der Waals surface area contributed by atoms with Gasteiger partial charge in [0.15, 0.2) is 0 Å². The molecule has 1 saturated heterocycles. The lowest BCUT2D eigenvalue weighted by atomic mass is 9.47. The molecule has 0 radical (unpaired) electrons. The maximum atomic E-state index is 11.9. The smallest absolute Gasteiger partial charge is 0.373 e. The predicted molar refractivity (Wildman–Crippen MR) is 118 cm³/mol. The molecule has 5 aliphatic rings. The molecule has 0 spiro atoms. The number of oxime groups is 1. The van der Waals surface area contributed by atoms with Gasteiger partial charge in [0.2, 0.25) is 6.61 Å². The standard InChI is InChI=1S/C25H34N2O6/c1-24-11-9-16(26-32-14-23(31)33-27-21(29)7-8-22(27)30)13-15(24)3-4-17-18-5-6-20(28)25(18,2)12-10-19(17)24/h13,17-20,28H,3-12,14H2,1-2H3. The van der Waals surface area contributed by atoms with E-state index in [-0.39, 0.29) is 29.8 Å². The first-order valence-electron chi connectivity index (χ1n) is 12.4. The Labute approximate surface area is 194 Å². The van der Waals surface area contributed by atoms with Crippen LogP contribution in [-0.2, 0) is 24.1 Å². The van der Waals surface area contributed by atoms with Gasteiger partial charge in [-0.15, -0.1) is 5.06 Å². The van der Waals surface area contributed by atoms with Crippen molar-refractivity contribution in [1.29, 1.82) is 0 Å². The Balaban J connectivity index is 1.22. The summed E-state index contributed by atoms with van der Waals surface area (Å²) < 4.78 is 0. The third-order valence-electron chi connectivity index (χ3n) is 9.49. The molecule has 3 saturated carbocycles. The average molecular weight is 459 g/mol. The van der Waals surface area contributed by atoms with E-state index in [1.165, 1.54) is 12.0 Å². The quantitative estimate of drug-likeness (QED) is 0.512. The predicted octanol–water partition coefficient (Wildman–Crippen LogP) is 3.29. The molecule has 180 valence electrons. The van der Waals surface area contributed by atoms with Crippen LogP contribution in [-0.4, -0.2) is 46.4 Å². The van der Waals surface area contributed by atoms with Crippen molar-refractivity contribution >= 4 is 23.5 Å². The van der Waals surface area contributed by atoms with Crippen molar-refractivity contribution in [1.82, 2.24) is 5.06 Å². The summed E-state index contributed by atoms with van der Waals surface area (Å²) in [5.74, 6) is 0.116. The zero-order valence-corrected chi connectivity index (χ0v) is 19.5. The number of rotatable bonds is 4. The van der Waals surface area contributed by atoms with Crippen LogP contribution in [0.3, 0.4) is 0 Å². The van der Waals surface area contributed by atoms with E-state index >= 15 is 0 Å². The molecule has 0 aromatic rings. The minimum absolute atomic E-state index is 0.0596. The Morgan fingerprint density at radius 2 is 1.82 bits per heavy atom. The van der Waals surface area contributed by atoms with Gasteiger partial charge in [-0.25, -0.2) is 4.79 Å². The Morgan fingerprint density at radius 1 is 1.06 bits per heavy atom. The molecular weight excluding hydrogens is 424 g/mol. The first kappa shape index (κ1) is 22.6. The molecule has 0 bridgehead atoms. The van der Waals surface area contributed by atoms with Gasteiger partial charge in [-0.2, -0.15) is 0 Å². The summed E-state index contributed by atoms with van der Waals surface area (Å²) in [6.07, 6.45) is 10.5. The van der Waals surface area contributed by atoms with Crippen molar-refractivity contribution in [3.05, 3.63) is 11.6 Å². The number of imide groups is 1. The minimum atomic E-state index is -0.819. The highest BCUT2D eigenvalue weighted by Crippen LogP contribution is 2.65. The van der Waals surface area contributed by atoms with Gasteiger partial charge >= 0.3 is 5.97 Å². The van der Waals surface area contributed by atoms with Gasteiger partial charge in [0, 0.05) is 12.8 Å². The number of nitrogens with zero attached hydrogens (tertiary/aromatic N) is 2. The third kappa shape index (κ3) is 3.70. The fraction of sp³-hybridized carbons (Fsp3) is 0.760. The maximum Gasteiger partial charge on any atom is 0.373 e. The molecule has 6 unspecified atom stereocenters. The Hall–Kier alpha value is -2.22. The van der Waals surface area contributed by atoms with Gasteiger partial charge in [0.25, 0.3) is 11.8 Å². The monoisotopic (exact) mass is 458 g/mol. The number of allylic oxidation sites excluding steroid dienone is 2. The molecule has 5 rings (SSSR count). The van der Waals surface area contributed by atoms with Crippen molar-refractivity contribution in [3.63, 3.8) is 0 Å². The number of aliphatic hydroxyl groups excluding tert-OH is 1. The summed E-state index contributed by atoms with van der Waals surface area (Å²) in [4.78, 5) is 45.0. The van der Waals surface area contributed by atoms with Crippen LogP contribution in [0.15, 0.2) is 16.8 Å². The van der Waals surface area contributed by atoms with Crippen LogP contribution in [0, 0.1) is 28.6 Å². The molecule has 0 aromatic heterocycles. The zero-order chi connectivity index (χ0) is 23.4. The van der Waals surface area contributed by atoms with E-state index in [1.54, 1.807) is 0 Å². The molecular formula is C25H34N2O6. The molecule has 1 aliphatic heterocycles. The number of carbonyl (C=O) groups excluding carboxylic acids is 3. The molecule has 2 amide bonds. The SMILES string of the molecule is CC12CCC(=NOCC(=O)ON3C(=O)CCC3=O)C=C1CCC1C2CCC2(C)C(O)CCC12. The molecule has 4 fully saturated rings. The lowest BCUT2D eigenvalue weighted by Gasteiger charge is -2.57. The van der Waals surface area contributed by atoms with Crippen LogP contribution in [0.2, 0.25) is 0 Å². The lowest BCUT2D eigenvalue weighted by molar-refractivity contribution is -0.200. The van der Waals surface area contributed by atoms with Crippen molar-refractivity contribution in [2.24, 2.45) is 33.7 Å². The molecule has 0 aromatic carbocycles. The highest BCUT2D eigenvalue weighted by atomic mass is 16.7. The van der Waals surface area contributed by atoms with E-state index in [1.807, 2.05) is 0 Å². The second-order valence-corrected chi connectivity index (χ2v) is 11.0. The molecule has 8 nitrogen and oxygen atoms in total. The van der Waals surface area contributed by atoms with E-state index in [0.717, 1.165) is 50.7 Å². The molecule has 6 atom stereocenters. The maximum absolute atomic E-state index is 11.9. The number of aliphatic hydroxyl groups is 1. The van der Waals surface area contributed by atoms with Crippen molar-refractivity contribution in [2.45, 2.75) is 84.2 Å². The Morgan fingerprint density at radius 3 is 2.58 bits per heavy atom. The number of hydrogen-bond donors (Lipinski definition) is 1. The summed E-state index contributed by atoms with van der Waals surface area (Å²) >= 11 is 0. The van der Waals surface area contributed by atoms with E-state index in [0.29, 0.717) is 22.8 Å². The van der Waals surface area contributed by atoms with Gasteiger partial charge in [-0.3, -0.25) is 9.59 Å². The number of fused-ring (bicyclic) bond motifs is 5. The molecule has 1 heterocycles. The molecule has 33 heavy (non-hydrogen) atoms. The minimum Gasteiger partial charge on any atom is -0.393 e. The third-order valence-corrected chi connectivity index (χ3v) is 9.49. The first-order valence-corrected chi connectivity index (χ1v) is 12.4. The first-order chi connectivity index (χ1) is 15.7. The van der Waals surface area contributed by atoms with E-state index in [4.69, 9.17) is 9.68 Å². The number of hydrogen-bond acceptors (Lipinski definition) is 7. The van der Waals surface area contributed by atoms with Crippen LogP contribution >= 0.6 is 0 Å². The van der Waals surface area contributed by atoms with Gasteiger partial charge < -0.3 is 14.8 Å². The van der Waals surface area contributed by atoms with E-state index in [2.05, 4.69) is 25.1 Å². The number of hydroxylamine groups is 2. The normalized spacial score (nSPS) is 41.4.